The molecule has 74 valence electrons. The number of hydrogen-bond donors (Lipinski definition) is 1. The van der Waals surface area contributed by atoms with E-state index in [1.165, 1.54) is 24.6 Å². The molecule has 0 aliphatic carbocycles. The van der Waals surface area contributed by atoms with Crippen LogP contribution >= 0.6 is 0 Å². The van der Waals surface area contributed by atoms with Crippen molar-refractivity contribution in [2.45, 2.75) is 65.2 Å². The molecule has 1 nitrogen and oxygen atoms in total. The lowest BCUT2D eigenvalue weighted by Gasteiger charge is -2.32. The van der Waals surface area contributed by atoms with Gasteiger partial charge < -0.3 is 4.98 Å². The van der Waals surface area contributed by atoms with Gasteiger partial charge in [0.2, 0.25) is 0 Å². The molecule has 0 spiro atoms. The summed E-state index contributed by atoms with van der Waals surface area (Å²) >= 11 is 0. The van der Waals surface area contributed by atoms with Gasteiger partial charge in [0.15, 0.2) is 0 Å². The SMILES string of the molecule is CCC[Si](CC)(CC)NC(C)C. The van der Waals surface area contributed by atoms with Gasteiger partial charge in [0.1, 0.15) is 8.24 Å². The third-order valence-electron chi connectivity index (χ3n) is 2.68. The highest BCUT2D eigenvalue weighted by Crippen LogP contribution is 2.19. The topological polar surface area (TPSA) is 12.0 Å². The Morgan fingerprint density at radius 1 is 1.08 bits per heavy atom. The van der Waals surface area contributed by atoms with Gasteiger partial charge in [-0.15, -0.1) is 0 Å². The molecule has 0 saturated heterocycles. The van der Waals surface area contributed by atoms with Gasteiger partial charge in [0, 0.05) is 0 Å². The van der Waals surface area contributed by atoms with Crippen molar-refractivity contribution < 1.29 is 0 Å². The van der Waals surface area contributed by atoms with Gasteiger partial charge in [-0.1, -0.05) is 41.0 Å². The third kappa shape index (κ3) is 3.72. The second-order valence-corrected chi connectivity index (χ2v) is 8.80. The summed E-state index contributed by atoms with van der Waals surface area (Å²) in [5.74, 6) is 0. The Hall–Kier alpha value is 0.177. The second-order valence-electron chi connectivity index (χ2n) is 4.04. The van der Waals surface area contributed by atoms with Crippen molar-refractivity contribution in [1.82, 2.24) is 4.98 Å². The van der Waals surface area contributed by atoms with E-state index in [4.69, 9.17) is 0 Å². The van der Waals surface area contributed by atoms with Crippen LogP contribution in [0.4, 0.5) is 0 Å². The lowest BCUT2D eigenvalue weighted by atomic mass is 10.4. The maximum atomic E-state index is 3.83. The van der Waals surface area contributed by atoms with Crippen molar-refractivity contribution in [3.05, 3.63) is 0 Å². The highest BCUT2D eigenvalue weighted by Gasteiger charge is 2.28. The molecule has 0 fully saturated rings. The first kappa shape index (κ1) is 12.2. The van der Waals surface area contributed by atoms with Crippen LogP contribution in [-0.2, 0) is 0 Å². The average Bonchev–Trinajstić information content (AvgIpc) is 2.03. The Labute approximate surface area is 79.0 Å². The predicted octanol–water partition coefficient (Wildman–Crippen LogP) is 3.38. The van der Waals surface area contributed by atoms with Gasteiger partial charge in [-0.2, -0.15) is 0 Å². The summed E-state index contributed by atoms with van der Waals surface area (Å²) in [4.78, 5) is 3.83. The van der Waals surface area contributed by atoms with Crippen LogP contribution in [0.1, 0.15) is 41.0 Å². The Balaban J connectivity index is 4.13. The Bertz CT molecular complexity index is 108. The van der Waals surface area contributed by atoms with Crippen LogP contribution in [0.15, 0.2) is 0 Å². The average molecular weight is 187 g/mol. The van der Waals surface area contributed by atoms with Gasteiger partial charge in [-0.05, 0) is 24.2 Å². The molecule has 0 heterocycles. The molecule has 0 bridgehead atoms. The van der Waals surface area contributed by atoms with Crippen molar-refractivity contribution >= 4 is 8.24 Å². The highest BCUT2D eigenvalue weighted by molar-refractivity contribution is 6.77. The fourth-order valence-corrected chi connectivity index (χ4v) is 5.91. The molecule has 0 unspecified atom stereocenters. The summed E-state index contributed by atoms with van der Waals surface area (Å²) in [6.07, 6.45) is 1.34. The summed E-state index contributed by atoms with van der Waals surface area (Å²) in [5.41, 5.74) is 0. The molecule has 0 aromatic heterocycles. The van der Waals surface area contributed by atoms with Crippen LogP contribution in [0.5, 0.6) is 0 Å². The minimum Gasteiger partial charge on any atom is -0.335 e. The number of hydrogen-bond acceptors (Lipinski definition) is 1. The van der Waals surface area contributed by atoms with Crippen LogP contribution in [0, 0.1) is 0 Å². The molecular weight excluding hydrogens is 162 g/mol. The Kier molecular flexibility index (Phi) is 5.84. The molecule has 0 rings (SSSR count). The molecular formula is C10H25NSi. The van der Waals surface area contributed by atoms with E-state index in [2.05, 4.69) is 39.6 Å². The van der Waals surface area contributed by atoms with Crippen LogP contribution in [0.3, 0.4) is 0 Å². The zero-order chi connectivity index (χ0) is 9.61. The Morgan fingerprint density at radius 3 is 1.83 bits per heavy atom. The van der Waals surface area contributed by atoms with E-state index in [9.17, 15) is 0 Å². The molecule has 0 aliphatic heterocycles. The van der Waals surface area contributed by atoms with Crippen molar-refractivity contribution in [1.29, 1.82) is 0 Å². The van der Waals surface area contributed by atoms with Gasteiger partial charge in [-0.25, -0.2) is 0 Å². The first-order valence-corrected chi connectivity index (χ1v) is 8.00. The quantitative estimate of drug-likeness (QED) is 0.629. The molecule has 0 aromatic rings. The normalized spacial score (nSPS) is 12.5. The van der Waals surface area contributed by atoms with Crippen molar-refractivity contribution in [3.8, 4) is 0 Å². The summed E-state index contributed by atoms with van der Waals surface area (Å²) in [6, 6.07) is 4.88. The maximum Gasteiger partial charge on any atom is 0.125 e. The van der Waals surface area contributed by atoms with E-state index < -0.39 is 8.24 Å². The monoisotopic (exact) mass is 187 g/mol. The predicted molar refractivity (Wildman–Crippen MR) is 60.1 cm³/mol. The minimum atomic E-state index is -1.06. The molecule has 0 radical (unpaired) electrons. The molecule has 12 heavy (non-hydrogen) atoms. The van der Waals surface area contributed by atoms with Crippen molar-refractivity contribution in [3.63, 3.8) is 0 Å². The van der Waals surface area contributed by atoms with Gasteiger partial charge >= 0.3 is 0 Å². The first-order chi connectivity index (χ1) is 5.60. The summed E-state index contributed by atoms with van der Waals surface area (Å²) < 4.78 is 0. The molecule has 2 heteroatoms. The second kappa shape index (κ2) is 5.76. The fourth-order valence-electron chi connectivity index (χ4n) is 1.97. The van der Waals surface area contributed by atoms with E-state index in [1.807, 2.05) is 0 Å². The summed E-state index contributed by atoms with van der Waals surface area (Å²) in [6.45, 7) is 11.5. The zero-order valence-corrected chi connectivity index (χ0v) is 10.4. The van der Waals surface area contributed by atoms with E-state index in [0.29, 0.717) is 6.04 Å². The minimum absolute atomic E-state index is 0.670. The van der Waals surface area contributed by atoms with E-state index in [0.717, 1.165) is 0 Å². The number of nitrogens with one attached hydrogen (secondary N) is 1. The van der Waals surface area contributed by atoms with E-state index >= 15 is 0 Å². The molecule has 0 saturated carbocycles. The molecule has 0 atom stereocenters. The largest absolute Gasteiger partial charge is 0.335 e. The third-order valence-corrected chi connectivity index (χ3v) is 8.03. The molecule has 0 aliphatic rings. The maximum absolute atomic E-state index is 3.83. The molecule has 0 aromatic carbocycles. The van der Waals surface area contributed by atoms with Gasteiger partial charge in [0.25, 0.3) is 0 Å². The highest BCUT2D eigenvalue weighted by atomic mass is 28.3. The smallest absolute Gasteiger partial charge is 0.125 e. The standard InChI is InChI=1S/C10H25NSi/c1-6-9-12(7-2,8-3)11-10(4)5/h10-11H,6-9H2,1-5H3. The van der Waals surface area contributed by atoms with Crippen LogP contribution in [0.25, 0.3) is 0 Å². The van der Waals surface area contributed by atoms with Crippen molar-refractivity contribution in [2.24, 2.45) is 0 Å². The summed E-state index contributed by atoms with van der Waals surface area (Å²) in [5, 5.41) is 0. The Morgan fingerprint density at radius 2 is 1.58 bits per heavy atom. The molecule has 1 N–H and O–H groups in total. The van der Waals surface area contributed by atoms with Crippen LogP contribution in [-0.4, -0.2) is 14.3 Å². The van der Waals surface area contributed by atoms with E-state index in [-0.39, 0.29) is 0 Å². The van der Waals surface area contributed by atoms with Gasteiger partial charge in [-0.3, -0.25) is 0 Å². The first-order valence-electron chi connectivity index (χ1n) is 5.38. The number of rotatable bonds is 6. The molecule has 0 amide bonds. The van der Waals surface area contributed by atoms with Crippen molar-refractivity contribution in [2.75, 3.05) is 0 Å². The van der Waals surface area contributed by atoms with Crippen LogP contribution < -0.4 is 4.98 Å². The lowest BCUT2D eigenvalue weighted by Crippen LogP contribution is -2.52. The van der Waals surface area contributed by atoms with E-state index in [1.54, 1.807) is 0 Å². The fraction of sp³-hybridized carbons (Fsp3) is 1.00. The zero-order valence-electron chi connectivity index (χ0n) is 9.41. The lowest BCUT2D eigenvalue weighted by molar-refractivity contribution is 0.711. The summed E-state index contributed by atoms with van der Waals surface area (Å²) in [7, 11) is -1.06. The van der Waals surface area contributed by atoms with Gasteiger partial charge in [0.05, 0.1) is 0 Å². The van der Waals surface area contributed by atoms with Crippen LogP contribution in [0.2, 0.25) is 18.1 Å².